The van der Waals surface area contributed by atoms with Crippen molar-refractivity contribution in [3.05, 3.63) is 47.0 Å². The Balaban J connectivity index is 1.82. The number of carbonyl (C=O) groups excluding carboxylic acids is 1. The van der Waals surface area contributed by atoms with Crippen LogP contribution in [0.15, 0.2) is 36.4 Å². The Morgan fingerprint density at radius 1 is 1.06 bits per heavy atom. The highest BCUT2D eigenvalue weighted by Crippen LogP contribution is 2.39. The van der Waals surface area contributed by atoms with Gasteiger partial charge in [-0.05, 0) is 42.4 Å². The molecular weight excluding hydrogens is 480 g/mol. The summed E-state index contributed by atoms with van der Waals surface area (Å²) in [5, 5.41) is 4.09. The standard InChI is InChI=1S/C26H36N2O5SSi/c1-26(2,3)35(7,8)33-18(15-23-28-19-11-9-10-12-22(19)34-23)16-27-25(29)17-13-20(30-4)24(32-6)21(14-17)31-5/h9-14,18H,15-16H2,1-8H3,(H,27,29). The highest BCUT2D eigenvalue weighted by molar-refractivity contribution is 7.18. The molecule has 9 heteroatoms. The first-order valence-corrected chi connectivity index (χ1v) is 15.3. The lowest BCUT2D eigenvalue weighted by Gasteiger charge is -2.39. The third kappa shape index (κ3) is 6.34. The van der Waals surface area contributed by atoms with Gasteiger partial charge in [0.05, 0.1) is 42.7 Å². The zero-order valence-electron chi connectivity index (χ0n) is 21.9. The first kappa shape index (κ1) is 27.0. The maximum Gasteiger partial charge on any atom is 0.251 e. The third-order valence-corrected chi connectivity index (χ3v) is 12.0. The van der Waals surface area contributed by atoms with Crippen LogP contribution >= 0.6 is 11.3 Å². The molecule has 0 spiro atoms. The molecule has 3 aromatic rings. The lowest BCUT2D eigenvalue weighted by atomic mass is 10.1. The molecule has 0 saturated carbocycles. The predicted octanol–water partition coefficient (Wildman–Crippen LogP) is 5.69. The molecule has 3 rings (SSSR count). The molecule has 1 heterocycles. The van der Waals surface area contributed by atoms with Crippen molar-refractivity contribution in [2.45, 2.75) is 51.4 Å². The number of nitrogens with one attached hydrogen (secondary N) is 1. The molecule has 0 saturated heterocycles. The SMILES string of the molecule is COc1cc(C(=O)NCC(Cc2nc3ccccc3s2)O[Si](C)(C)C(C)(C)C)cc(OC)c1OC. The Kier molecular flexibility index (Phi) is 8.45. The number of aromatic nitrogens is 1. The van der Waals surface area contributed by atoms with E-state index in [0.29, 0.717) is 35.8 Å². The lowest BCUT2D eigenvalue weighted by Crippen LogP contribution is -2.47. The van der Waals surface area contributed by atoms with Crippen LogP contribution in [0.5, 0.6) is 17.2 Å². The number of para-hydroxylation sites is 1. The summed E-state index contributed by atoms with van der Waals surface area (Å²) < 4.78 is 24.0. The zero-order chi connectivity index (χ0) is 25.8. The zero-order valence-corrected chi connectivity index (χ0v) is 23.7. The number of carbonyl (C=O) groups is 1. The number of hydrogen-bond acceptors (Lipinski definition) is 7. The normalized spacial score (nSPS) is 12.9. The average Bonchev–Trinajstić information content (AvgIpc) is 3.22. The van der Waals surface area contributed by atoms with Crippen molar-refractivity contribution >= 4 is 35.8 Å². The van der Waals surface area contributed by atoms with Gasteiger partial charge in [-0.25, -0.2) is 4.98 Å². The molecule has 0 aliphatic rings. The van der Waals surface area contributed by atoms with Gasteiger partial charge in [0.2, 0.25) is 5.75 Å². The molecule has 0 radical (unpaired) electrons. The van der Waals surface area contributed by atoms with Crippen molar-refractivity contribution in [2.24, 2.45) is 0 Å². The Labute approximate surface area is 212 Å². The van der Waals surface area contributed by atoms with E-state index in [2.05, 4.69) is 45.2 Å². The molecule has 7 nitrogen and oxygen atoms in total. The highest BCUT2D eigenvalue weighted by Gasteiger charge is 2.39. The van der Waals surface area contributed by atoms with Crippen molar-refractivity contribution in [2.75, 3.05) is 27.9 Å². The second-order valence-corrected chi connectivity index (χ2v) is 15.8. The molecular formula is C26H36N2O5SSi. The molecule has 0 aliphatic heterocycles. The van der Waals surface area contributed by atoms with E-state index in [1.165, 1.54) is 21.3 Å². The summed E-state index contributed by atoms with van der Waals surface area (Å²) in [4.78, 5) is 17.9. The second-order valence-electron chi connectivity index (χ2n) is 9.90. The number of nitrogens with zero attached hydrogens (tertiary/aromatic N) is 1. The van der Waals surface area contributed by atoms with Gasteiger partial charge in [0.15, 0.2) is 19.8 Å². The van der Waals surface area contributed by atoms with Crippen molar-refractivity contribution in [3.8, 4) is 17.2 Å². The number of fused-ring (bicyclic) bond motifs is 1. The van der Waals surface area contributed by atoms with Gasteiger partial charge in [-0.1, -0.05) is 32.9 Å². The Bertz CT molecular complexity index is 1110. The smallest absolute Gasteiger partial charge is 0.251 e. The number of rotatable bonds is 10. The lowest BCUT2D eigenvalue weighted by molar-refractivity contribution is 0.0920. The molecule has 1 unspecified atom stereocenters. The quantitative estimate of drug-likeness (QED) is 0.349. The first-order valence-electron chi connectivity index (χ1n) is 11.6. The number of hydrogen-bond donors (Lipinski definition) is 1. The Morgan fingerprint density at radius 2 is 1.69 bits per heavy atom. The summed E-state index contributed by atoms with van der Waals surface area (Å²) >= 11 is 1.67. The van der Waals surface area contributed by atoms with Crippen LogP contribution in [0.3, 0.4) is 0 Å². The van der Waals surface area contributed by atoms with Crippen molar-refractivity contribution in [3.63, 3.8) is 0 Å². The maximum absolute atomic E-state index is 13.1. The summed E-state index contributed by atoms with van der Waals surface area (Å²) in [5.74, 6) is 1.07. The molecule has 0 aliphatic carbocycles. The molecule has 35 heavy (non-hydrogen) atoms. The minimum Gasteiger partial charge on any atom is -0.493 e. The van der Waals surface area contributed by atoms with Crippen LogP contribution in [0.25, 0.3) is 10.2 Å². The minimum absolute atomic E-state index is 0.0412. The monoisotopic (exact) mass is 516 g/mol. The Morgan fingerprint density at radius 3 is 2.23 bits per heavy atom. The fourth-order valence-electron chi connectivity index (χ4n) is 3.47. The van der Waals surface area contributed by atoms with Crippen LogP contribution in [-0.2, 0) is 10.8 Å². The van der Waals surface area contributed by atoms with E-state index < -0.39 is 8.32 Å². The molecule has 0 bridgehead atoms. The molecule has 0 fully saturated rings. The summed E-state index contributed by atoms with van der Waals surface area (Å²) in [7, 11) is 2.50. The topological polar surface area (TPSA) is 78.9 Å². The third-order valence-electron chi connectivity index (χ3n) is 6.43. The molecule has 2 aromatic carbocycles. The second kappa shape index (κ2) is 11.0. The van der Waals surface area contributed by atoms with Gasteiger partial charge >= 0.3 is 0 Å². The molecule has 1 atom stereocenters. The maximum atomic E-state index is 13.1. The molecule has 1 N–H and O–H groups in total. The van der Waals surface area contributed by atoms with E-state index in [0.717, 1.165) is 15.2 Å². The fraction of sp³-hybridized carbons (Fsp3) is 0.462. The van der Waals surface area contributed by atoms with E-state index in [1.807, 2.05) is 18.2 Å². The van der Waals surface area contributed by atoms with Crippen LogP contribution in [0, 0.1) is 0 Å². The number of benzene rings is 2. The largest absolute Gasteiger partial charge is 0.493 e. The van der Waals surface area contributed by atoms with Gasteiger partial charge in [0, 0.05) is 18.5 Å². The number of thiazole rings is 1. The Hall–Kier alpha value is -2.62. The van der Waals surface area contributed by atoms with Crippen LogP contribution in [0.1, 0.15) is 36.1 Å². The molecule has 190 valence electrons. The van der Waals surface area contributed by atoms with Gasteiger partial charge in [0.1, 0.15) is 0 Å². The van der Waals surface area contributed by atoms with Gasteiger partial charge < -0.3 is 24.0 Å². The summed E-state index contributed by atoms with van der Waals surface area (Å²) in [6.45, 7) is 11.4. The van der Waals surface area contributed by atoms with Crippen molar-refractivity contribution < 1.29 is 23.4 Å². The average molecular weight is 517 g/mol. The highest BCUT2D eigenvalue weighted by atomic mass is 32.1. The fourth-order valence-corrected chi connectivity index (χ4v) is 5.86. The molecule has 1 aromatic heterocycles. The van der Waals surface area contributed by atoms with E-state index in [1.54, 1.807) is 23.5 Å². The van der Waals surface area contributed by atoms with Crippen LogP contribution in [0.2, 0.25) is 18.1 Å². The minimum atomic E-state index is -2.08. The van der Waals surface area contributed by atoms with Crippen molar-refractivity contribution in [1.29, 1.82) is 0 Å². The van der Waals surface area contributed by atoms with Crippen LogP contribution < -0.4 is 19.5 Å². The van der Waals surface area contributed by atoms with Gasteiger partial charge in [-0.15, -0.1) is 11.3 Å². The van der Waals surface area contributed by atoms with E-state index in [9.17, 15) is 4.79 Å². The molecule has 1 amide bonds. The summed E-state index contributed by atoms with van der Waals surface area (Å²) in [6.07, 6.45) is 0.420. The van der Waals surface area contributed by atoms with E-state index in [-0.39, 0.29) is 17.0 Å². The van der Waals surface area contributed by atoms with Crippen LogP contribution in [0.4, 0.5) is 0 Å². The van der Waals surface area contributed by atoms with Crippen molar-refractivity contribution in [1.82, 2.24) is 10.3 Å². The first-order chi connectivity index (χ1) is 16.5. The van der Waals surface area contributed by atoms with Gasteiger partial charge in [-0.2, -0.15) is 0 Å². The number of amides is 1. The van der Waals surface area contributed by atoms with Gasteiger partial charge in [0.25, 0.3) is 5.91 Å². The van der Waals surface area contributed by atoms with E-state index >= 15 is 0 Å². The van der Waals surface area contributed by atoms with E-state index in [4.69, 9.17) is 23.6 Å². The van der Waals surface area contributed by atoms with Gasteiger partial charge in [-0.3, -0.25) is 4.79 Å². The number of methoxy groups -OCH3 is 3. The predicted molar refractivity (Wildman–Crippen MR) is 144 cm³/mol. The summed E-state index contributed by atoms with van der Waals surface area (Å²) in [5.41, 5.74) is 1.41. The summed E-state index contributed by atoms with van der Waals surface area (Å²) in [6, 6.07) is 11.4. The van der Waals surface area contributed by atoms with Crippen LogP contribution in [-0.4, -0.2) is 53.2 Å². The number of ether oxygens (including phenoxy) is 3.